The predicted molar refractivity (Wildman–Crippen MR) is 83.9 cm³/mol. The Bertz CT molecular complexity index is 793. The third-order valence-electron chi connectivity index (χ3n) is 3.24. The van der Waals surface area contributed by atoms with Crippen LogP contribution >= 0.6 is 0 Å². The number of rotatable bonds is 3. The lowest BCUT2D eigenvalue weighted by Crippen LogP contribution is -1.83. The smallest absolute Gasteiger partial charge is 0.0998 e. The van der Waals surface area contributed by atoms with Crippen molar-refractivity contribution in [2.24, 2.45) is 0 Å². The molecule has 0 aliphatic heterocycles. The monoisotopic (exact) mass is 271 g/mol. The molecule has 0 saturated heterocycles. The second kappa shape index (κ2) is 5.89. The van der Waals surface area contributed by atoms with E-state index in [0.29, 0.717) is 5.57 Å². The number of nitrogens with zero attached hydrogens (tertiary/aromatic N) is 2. The number of aromatic nitrogens is 2. The molecule has 3 heteroatoms. The Kier molecular flexibility index (Phi) is 3.62. The molecule has 3 aromatic rings. The maximum Gasteiger partial charge on any atom is 0.0998 e. The van der Waals surface area contributed by atoms with E-state index in [1.807, 2.05) is 66.7 Å². The van der Waals surface area contributed by atoms with Gasteiger partial charge in [-0.25, -0.2) is 0 Å². The average molecular weight is 271 g/mol. The number of nitriles is 1. The zero-order chi connectivity index (χ0) is 14.5. The number of benzene rings is 2. The van der Waals surface area contributed by atoms with Gasteiger partial charge in [-0.2, -0.15) is 10.4 Å². The predicted octanol–water partition coefficient (Wildman–Crippen LogP) is 4.14. The molecular formula is C18H13N3. The quantitative estimate of drug-likeness (QED) is 0.728. The molecular weight excluding hydrogens is 258 g/mol. The molecule has 1 N–H and O–H groups in total. The first-order chi connectivity index (χ1) is 10.4. The van der Waals surface area contributed by atoms with E-state index in [0.717, 1.165) is 22.4 Å². The second-order valence-electron chi connectivity index (χ2n) is 4.60. The van der Waals surface area contributed by atoms with E-state index in [1.165, 1.54) is 0 Å². The molecule has 21 heavy (non-hydrogen) atoms. The Labute approximate surface area is 123 Å². The first-order valence-corrected chi connectivity index (χ1v) is 6.64. The Morgan fingerprint density at radius 2 is 1.67 bits per heavy atom. The SMILES string of the molecule is N#C/C(=C\c1cn[nH]c1-c1ccccc1)c1ccccc1. The Morgan fingerprint density at radius 3 is 2.33 bits per heavy atom. The van der Waals surface area contributed by atoms with Crippen LogP contribution in [0.5, 0.6) is 0 Å². The summed E-state index contributed by atoms with van der Waals surface area (Å²) in [6, 6.07) is 21.9. The summed E-state index contributed by atoms with van der Waals surface area (Å²) in [4.78, 5) is 0. The van der Waals surface area contributed by atoms with Crippen molar-refractivity contribution in [3.8, 4) is 17.3 Å². The molecule has 0 atom stereocenters. The van der Waals surface area contributed by atoms with Gasteiger partial charge in [0.05, 0.1) is 23.5 Å². The maximum absolute atomic E-state index is 9.39. The van der Waals surface area contributed by atoms with Gasteiger partial charge in [-0.15, -0.1) is 0 Å². The standard InChI is InChI=1S/C18H13N3/c19-12-16(14-7-3-1-4-8-14)11-17-13-20-21-18(17)15-9-5-2-6-10-15/h1-11,13H,(H,20,21)/b16-11+. The van der Waals surface area contributed by atoms with Crippen LogP contribution in [0.25, 0.3) is 22.9 Å². The van der Waals surface area contributed by atoms with Crippen LogP contribution in [0.1, 0.15) is 11.1 Å². The van der Waals surface area contributed by atoms with Crippen LogP contribution in [-0.2, 0) is 0 Å². The molecule has 0 amide bonds. The highest BCUT2D eigenvalue weighted by atomic mass is 15.1. The highest BCUT2D eigenvalue weighted by Crippen LogP contribution is 2.25. The van der Waals surface area contributed by atoms with Crippen molar-refractivity contribution in [3.63, 3.8) is 0 Å². The van der Waals surface area contributed by atoms with Crippen LogP contribution in [0.4, 0.5) is 0 Å². The lowest BCUT2D eigenvalue weighted by atomic mass is 10.0. The van der Waals surface area contributed by atoms with Crippen LogP contribution in [-0.4, -0.2) is 10.2 Å². The summed E-state index contributed by atoms with van der Waals surface area (Å²) in [6.45, 7) is 0. The summed E-state index contributed by atoms with van der Waals surface area (Å²) in [7, 11) is 0. The minimum atomic E-state index is 0.620. The molecule has 0 spiro atoms. The van der Waals surface area contributed by atoms with Gasteiger partial charge in [0.2, 0.25) is 0 Å². The summed E-state index contributed by atoms with van der Waals surface area (Å²) in [5.41, 5.74) is 4.39. The van der Waals surface area contributed by atoms with Gasteiger partial charge in [0.25, 0.3) is 0 Å². The van der Waals surface area contributed by atoms with Crippen molar-refractivity contribution >= 4 is 11.6 Å². The number of hydrogen-bond donors (Lipinski definition) is 1. The fourth-order valence-corrected chi connectivity index (χ4v) is 2.19. The first kappa shape index (κ1) is 12.9. The lowest BCUT2D eigenvalue weighted by Gasteiger charge is -2.01. The molecule has 0 fully saturated rings. The number of hydrogen-bond acceptors (Lipinski definition) is 2. The van der Waals surface area contributed by atoms with E-state index in [2.05, 4.69) is 16.3 Å². The van der Waals surface area contributed by atoms with Gasteiger partial charge in [0.1, 0.15) is 0 Å². The van der Waals surface area contributed by atoms with E-state index in [4.69, 9.17) is 0 Å². The molecule has 0 saturated carbocycles. The van der Waals surface area contributed by atoms with Gasteiger partial charge in [0.15, 0.2) is 0 Å². The zero-order valence-corrected chi connectivity index (χ0v) is 11.3. The lowest BCUT2D eigenvalue weighted by molar-refractivity contribution is 1.10. The van der Waals surface area contributed by atoms with Crippen LogP contribution in [0.15, 0.2) is 66.9 Å². The Hall–Kier alpha value is -3.12. The molecule has 2 aromatic carbocycles. The van der Waals surface area contributed by atoms with Crippen LogP contribution in [0.3, 0.4) is 0 Å². The maximum atomic E-state index is 9.39. The number of H-pyrrole nitrogens is 1. The van der Waals surface area contributed by atoms with Crippen molar-refractivity contribution in [2.75, 3.05) is 0 Å². The third kappa shape index (κ3) is 2.75. The fraction of sp³-hybridized carbons (Fsp3) is 0. The molecule has 0 aliphatic rings. The van der Waals surface area contributed by atoms with Gasteiger partial charge >= 0.3 is 0 Å². The van der Waals surface area contributed by atoms with Crippen molar-refractivity contribution in [1.29, 1.82) is 5.26 Å². The van der Waals surface area contributed by atoms with Crippen LogP contribution < -0.4 is 0 Å². The average Bonchev–Trinajstić information content (AvgIpc) is 3.02. The summed E-state index contributed by atoms with van der Waals surface area (Å²) in [5, 5.41) is 16.5. The highest BCUT2D eigenvalue weighted by molar-refractivity contribution is 5.92. The minimum absolute atomic E-state index is 0.620. The Morgan fingerprint density at radius 1 is 1.00 bits per heavy atom. The molecule has 0 unspecified atom stereocenters. The number of aromatic amines is 1. The topological polar surface area (TPSA) is 52.5 Å². The molecule has 100 valence electrons. The van der Waals surface area contributed by atoms with Crippen molar-refractivity contribution in [2.45, 2.75) is 0 Å². The molecule has 3 rings (SSSR count). The van der Waals surface area contributed by atoms with Gasteiger partial charge in [0, 0.05) is 11.1 Å². The summed E-state index contributed by atoms with van der Waals surface area (Å²) in [6.07, 6.45) is 3.60. The van der Waals surface area contributed by atoms with Crippen LogP contribution in [0, 0.1) is 11.3 Å². The van der Waals surface area contributed by atoms with E-state index < -0.39 is 0 Å². The van der Waals surface area contributed by atoms with E-state index in [1.54, 1.807) is 6.20 Å². The van der Waals surface area contributed by atoms with Crippen molar-refractivity contribution < 1.29 is 0 Å². The second-order valence-corrected chi connectivity index (χ2v) is 4.60. The van der Waals surface area contributed by atoms with Gasteiger partial charge in [-0.1, -0.05) is 60.7 Å². The fourth-order valence-electron chi connectivity index (χ4n) is 2.19. The van der Waals surface area contributed by atoms with E-state index in [-0.39, 0.29) is 0 Å². The third-order valence-corrected chi connectivity index (χ3v) is 3.24. The molecule has 0 radical (unpaired) electrons. The first-order valence-electron chi connectivity index (χ1n) is 6.64. The Balaban J connectivity index is 2.05. The van der Waals surface area contributed by atoms with Gasteiger partial charge in [-0.3, -0.25) is 5.10 Å². The molecule has 3 nitrogen and oxygen atoms in total. The van der Waals surface area contributed by atoms with Crippen LogP contribution in [0.2, 0.25) is 0 Å². The normalized spacial score (nSPS) is 11.1. The van der Waals surface area contributed by atoms with Crippen molar-refractivity contribution in [1.82, 2.24) is 10.2 Å². The van der Waals surface area contributed by atoms with E-state index >= 15 is 0 Å². The molecule has 1 heterocycles. The summed E-state index contributed by atoms with van der Waals surface area (Å²) >= 11 is 0. The van der Waals surface area contributed by atoms with E-state index in [9.17, 15) is 5.26 Å². The number of nitrogens with one attached hydrogen (secondary N) is 1. The molecule has 1 aromatic heterocycles. The summed E-state index contributed by atoms with van der Waals surface area (Å²) < 4.78 is 0. The molecule has 0 bridgehead atoms. The van der Waals surface area contributed by atoms with Gasteiger partial charge < -0.3 is 0 Å². The van der Waals surface area contributed by atoms with Gasteiger partial charge in [-0.05, 0) is 11.6 Å². The highest BCUT2D eigenvalue weighted by Gasteiger charge is 2.07. The summed E-state index contributed by atoms with van der Waals surface area (Å²) in [5.74, 6) is 0. The van der Waals surface area contributed by atoms with Crippen molar-refractivity contribution in [3.05, 3.63) is 78.0 Å². The zero-order valence-electron chi connectivity index (χ0n) is 11.3. The minimum Gasteiger partial charge on any atom is -0.277 e. The number of allylic oxidation sites excluding steroid dienone is 1. The largest absolute Gasteiger partial charge is 0.277 e. The molecule has 0 aliphatic carbocycles.